The van der Waals surface area contributed by atoms with Crippen LogP contribution in [-0.4, -0.2) is 21.2 Å². The van der Waals surface area contributed by atoms with Crippen LogP contribution >= 0.6 is 11.3 Å². The maximum absolute atomic E-state index is 12.1. The number of anilines is 1. The van der Waals surface area contributed by atoms with Crippen LogP contribution in [0.1, 0.15) is 30.9 Å². The van der Waals surface area contributed by atoms with Gasteiger partial charge in [0.15, 0.2) is 0 Å². The minimum atomic E-state index is -0.647. The minimum absolute atomic E-state index is 0.168. The fraction of sp³-hybridized carbons (Fsp3) is 0.235. The number of rotatable bonds is 6. The maximum Gasteiger partial charge on any atom is 0.227 e. The second-order valence-electron chi connectivity index (χ2n) is 5.30. The Bertz CT molecular complexity index is 812. The predicted octanol–water partition coefficient (Wildman–Crippen LogP) is 3.42. The van der Waals surface area contributed by atoms with Crippen molar-refractivity contribution in [2.75, 3.05) is 5.32 Å². The normalized spacial score (nSPS) is 12.1. The molecule has 1 aromatic carbocycles. The summed E-state index contributed by atoms with van der Waals surface area (Å²) in [7, 11) is 0. The molecular formula is C17H17N3O3S. The number of hydrogen-bond acceptors (Lipinski definition) is 6. The molecule has 0 bridgehead atoms. The molecule has 1 amide bonds. The second-order valence-corrected chi connectivity index (χ2v) is 6.25. The van der Waals surface area contributed by atoms with Crippen LogP contribution in [0.5, 0.6) is 0 Å². The zero-order valence-electron chi connectivity index (χ0n) is 13.1. The van der Waals surface area contributed by atoms with Crippen molar-refractivity contribution in [3.63, 3.8) is 0 Å². The second kappa shape index (κ2) is 7.37. The molecule has 2 heterocycles. The summed E-state index contributed by atoms with van der Waals surface area (Å²) >= 11 is 1.53. The van der Waals surface area contributed by atoms with E-state index in [0.29, 0.717) is 29.4 Å². The van der Waals surface area contributed by atoms with E-state index in [2.05, 4.69) is 15.5 Å². The van der Waals surface area contributed by atoms with Crippen LogP contribution in [0.15, 0.2) is 46.3 Å². The molecule has 0 aliphatic carbocycles. The van der Waals surface area contributed by atoms with Gasteiger partial charge in [-0.25, -0.2) is 0 Å². The molecule has 1 unspecified atom stereocenters. The quantitative estimate of drug-likeness (QED) is 0.716. The van der Waals surface area contributed by atoms with Gasteiger partial charge in [-0.2, -0.15) is 4.98 Å². The van der Waals surface area contributed by atoms with Gasteiger partial charge < -0.3 is 14.9 Å². The SMILES string of the molecule is CC(O)c1ccccc1NC(=O)CCc1nc(-c2cccs2)no1. The van der Waals surface area contributed by atoms with E-state index in [0.717, 1.165) is 4.88 Å². The fourth-order valence-corrected chi connectivity index (χ4v) is 2.92. The Hall–Kier alpha value is -2.51. The third-order valence-corrected chi connectivity index (χ3v) is 4.33. The zero-order valence-corrected chi connectivity index (χ0v) is 13.9. The molecule has 6 nitrogen and oxygen atoms in total. The predicted molar refractivity (Wildman–Crippen MR) is 91.6 cm³/mol. The van der Waals surface area contributed by atoms with Crippen LogP contribution < -0.4 is 5.32 Å². The number of nitrogens with zero attached hydrogens (tertiary/aromatic N) is 2. The van der Waals surface area contributed by atoms with E-state index in [1.54, 1.807) is 19.1 Å². The standard InChI is InChI=1S/C17H17N3O3S/c1-11(21)12-5-2-3-6-13(12)18-15(22)8-9-16-19-17(20-23-16)14-7-4-10-24-14/h2-7,10-11,21H,8-9H2,1H3,(H,18,22). The number of amides is 1. The van der Waals surface area contributed by atoms with E-state index in [-0.39, 0.29) is 12.3 Å². The number of aryl methyl sites for hydroxylation is 1. The van der Waals surface area contributed by atoms with Crippen LogP contribution in [0.2, 0.25) is 0 Å². The molecule has 0 fully saturated rings. The highest BCUT2D eigenvalue weighted by Crippen LogP contribution is 2.23. The van der Waals surface area contributed by atoms with Crippen LogP contribution in [0, 0.1) is 0 Å². The molecule has 0 aliphatic rings. The van der Waals surface area contributed by atoms with Crippen molar-refractivity contribution in [3.05, 3.63) is 53.2 Å². The van der Waals surface area contributed by atoms with Crippen molar-refractivity contribution in [1.82, 2.24) is 10.1 Å². The molecule has 0 aliphatic heterocycles. The van der Waals surface area contributed by atoms with E-state index in [1.165, 1.54) is 11.3 Å². The molecule has 2 N–H and O–H groups in total. The number of benzene rings is 1. The molecule has 3 rings (SSSR count). The van der Waals surface area contributed by atoms with E-state index >= 15 is 0 Å². The lowest BCUT2D eigenvalue weighted by atomic mass is 10.1. The van der Waals surface area contributed by atoms with Crippen molar-refractivity contribution in [2.24, 2.45) is 0 Å². The van der Waals surface area contributed by atoms with Gasteiger partial charge in [0, 0.05) is 24.1 Å². The highest BCUT2D eigenvalue weighted by atomic mass is 32.1. The monoisotopic (exact) mass is 343 g/mol. The molecule has 3 aromatic rings. The molecule has 0 radical (unpaired) electrons. The van der Waals surface area contributed by atoms with Gasteiger partial charge in [-0.3, -0.25) is 4.79 Å². The van der Waals surface area contributed by atoms with Crippen LogP contribution in [0.3, 0.4) is 0 Å². The summed E-state index contributed by atoms with van der Waals surface area (Å²) in [5.41, 5.74) is 1.30. The first-order valence-electron chi connectivity index (χ1n) is 7.57. The lowest BCUT2D eigenvalue weighted by Gasteiger charge is -2.12. The zero-order chi connectivity index (χ0) is 16.9. The van der Waals surface area contributed by atoms with Crippen molar-refractivity contribution in [2.45, 2.75) is 25.9 Å². The average molecular weight is 343 g/mol. The van der Waals surface area contributed by atoms with Gasteiger partial charge in [0.2, 0.25) is 17.6 Å². The first-order valence-corrected chi connectivity index (χ1v) is 8.45. The lowest BCUT2D eigenvalue weighted by molar-refractivity contribution is -0.116. The number of para-hydroxylation sites is 1. The number of aliphatic hydroxyl groups excluding tert-OH is 1. The van der Waals surface area contributed by atoms with Gasteiger partial charge in [-0.05, 0) is 24.4 Å². The topological polar surface area (TPSA) is 88.2 Å². The number of nitrogens with one attached hydrogen (secondary N) is 1. The molecule has 1 atom stereocenters. The largest absolute Gasteiger partial charge is 0.389 e. The van der Waals surface area contributed by atoms with Crippen LogP contribution in [0.4, 0.5) is 5.69 Å². The number of carbonyl (C=O) groups is 1. The Morgan fingerprint density at radius 3 is 2.92 bits per heavy atom. The molecule has 124 valence electrons. The molecule has 0 saturated heterocycles. The number of aromatic nitrogens is 2. The highest BCUT2D eigenvalue weighted by Gasteiger charge is 2.13. The third kappa shape index (κ3) is 3.87. The Balaban J connectivity index is 1.58. The first-order chi connectivity index (χ1) is 11.6. The molecule has 7 heteroatoms. The maximum atomic E-state index is 12.1. The van der Waals surface area contributed by atoms with E-state index in [9.17, 15) is 9.90 Å². The molecule has 24 heavy (non-hydrogen) atoms. The Labute approximate surface area is 143 Å². The minimum Gasteiger partial charge on any atom is -0.389 e. The lowest BCUT2D eigenvalue weighted by Crippen LogP contribution is -2.14. The van der Waals surface area contributed by atoms with Crippen molar-refractivity contribution in [3.8, 4) is 10.7 Å². The molecular weight excluding hydrogens is 326 g/mol. The summed E-state index contributed by atoms with van der Waals surface area (Å²) in [6.45, 7) is 1.66. The number of aliphatic hydroxyl groups is 1. The highest BCUT2D eigenvalue weighted by molar-refractivity contribution is 7.13. The Morgan fingerprint density at radius 2 is 2.17 bits per heavy atom. The summed E-state index contributed by atoms with van der Waals surface area (Å²) in [4.78, 5) is 17.3. The number of carbonyl (C=O) groups excluding carboxylic acids is 1. The van der Waals surface area contributed by atoms with Gasteiger partial charge in [0.1, 0.15) is 0 Å². The van der Waals surface area contributed by atoms with Crippen LogP contribution in [-0.2, 0) is 11.2 Å². The van der Waals surface area contributed by atoms with Gasteiger partial charge >= 0.3 is 0 Å². The third-order valence-electron chi connectivity index (χ3n) is 3.46. The summed E-state index contributed by atoms with van der Waals surface area (Å²) in [6.07, 6.45) is -0.0628. The average Bonchev–Trinajstić information content (AvgIpc) is 3.24. The fourth-order valence-electron chi connectivity index (χ4n) is 2.27. The van der Waals surface area contributed by atoms with Crippen molar-refractivity contribution in [1.29, 1.82) is 0 Å². The van der Waals surface area contributed by atoms with E-state index in [4.69, 9.17) is 4.52 Å². The number of thiophene rings is 1. The smallest absolute Gasteiger partial charge is 0.227 e. The molecule has 0 saturated carbocycles. The van der Waals surface area contributed by atoms with Gasteiger partial charge in [0.05, 0.1) is 11.0 Å². The molecule has 0 spiro atoms. The first kappa shape index (κ1) is 16.4. The summed E-state index contributed by atoms with van der Waals surface area (Å²) in [5.74, 6) is 0.802. The Morgan fingerprint density at radius 1 is 1.33 bits per heavy atom. The van der Waals surface area contributed by atoms with Gasteiger partial charge in [0.25, 0.3) is 0 Å². The number of hydrogen-bond donors (Lipinski definition) is 2. The molecule has 2 aromatic heterocycles. The van der Waals surface area contributed by atoms with Gasteiger partial charge in [-0.15, -0.1) is 11.3 Å². The summed E-state index contributed by atoms with van der Waals surface area (Å²) < 4.78 is 5.18. The summed E-state index contributed by atoms with van der Waals surface area (Å²) in [6, 6.07) is 11.0. The van der Waals surface area contributed by atoms with Gasteiger partial charge in [-0.1, -0.05) is 29.4 Å². The van der Waals surface area contributed by atoms with Crippen molar-refractivity contribution < 1.29 is 14.4 Å². The van der Waals surface area contributed by atoms with E-state index in [1.807, 2.05) is 29.6 Å². The van der Waals surface area contributed by atoms with Crippen LogP contribution in [0.25, 0.3) is 10.7 Å². The Kier molecular flexibility index (Phi) is 5.02. The van der Waals surface area contributed by atoms with Crippen molar-refractivity contribution >= 4 is 22.9 Å². The summed E-state index contributed by atoms with van der Waals surface area (Å²) in [5, 5.41) is 18.4. The van der Waals surface area contributed by atoms with E-state index < -0.39 is 6.10 Å².